The number of aryl methyl sites for hydroxylation is 1. The standard InChI is InChI=1S/C15H13FN4S/c1-11-4-2-7-14(8-11)20-15(17-18-19-20)21-10-12-5-3-6-13(16)9-12/h2-9H,10H2,1H3. The van der Waals surface area contributed by atoms with E-state index in [0.717, 1.165) is 16.8 Å². The summed E-state index contributed by atoms with van der Waals surface area (Å²) in [6.07, 6.45) is 0. The molecule has 0 amide bonds. The van der Waals surface area contributed by atoms with Crippen LogP contribution in [0.2, 0.25) is 0 Å². The highest BCUT2D eigenvalue weighted by atomic mass is 32.2. The molecule has 0 aliphatic carbocycles. The van der Waals surface area contributed by atoms with Crippen molar-refractivity contribution in [1.29, 1.82) is 0 Å². The van der Waals surface area contributed by atoms with Crippen LogP contribution in [0.1, 0.15) is 11.1 Å². The molecule has 0 saturated carbocycles. The highest BCUT2D eigenvalue weighted by Crippen LogP contribution is 2.23. The number of benzene rings is 2. The molecule has 1 heterocycles. The van der Waals surface area contributed by atoms with E-state index in [2.05, 4.69) is 15.5 Å². The van der Waals surface area contributed by atoms with Gasteiger partial charge in [0.1, 0.15) is 5.82 Å². The van der Waals surface area contributed by atoms with Gasteiger partial charge in [0.2, 0.25) is 5.16 Å². The summed E-state index contributed by atoms with van der Waals surface area (Å²) in [6.45, 7) is 2.02. The van der Waals surface area contributed by atoms with Crippen molar-refractivity contribution in [3.05, 3.63) is 65.5 Å². The molecule has 4 nitrogen and oxygen atoms in total. The molecule has 1 aromatic heterocycles. The van der Waals surface area contributed by atoms with Crippen LogP contribution in [-0.2, 0) is 5.75 Å². The van der Waals surface area contributed by atoms with E-state index < -0.39 is 0 Å². The first kappa shape index (κ1) is 13.8. The summed E-state index contributed by atoms with van der Waals surface area (Å²) >= 11 is 1.48. The van der Waals surface area contributed by atoms with E-state index in [1.54, 1.807) is 10.7 Å². The Morgan fingerprint density at radius 3 is 2.81 bits per heavy atom. The summed E-state index contributed by atoms with van der Waals surface area (Å²) in [6, 6.07) is 14.5. The number of rotatable bonds is 4. The van der Waals surface area contributed by atoms with Crippen LogP contribution in [0, 0.1) is 12.7 Å². The van der Waals surface area contributed by atoms with Crippen molar-refractivity contribution in [2.24, 2.45) is 0 Å². The Morgan fingerprint density at radius 1 is 1.14 bits per heavy atom. The summed E-state index contributed by atoms with van der Waals surface area (Å²) in [5, 5.41) is 12.5. The first-order valence-corrected chi connectivity index (χ1v) is 7.43. The van der Waals surface area contributed by atoms with Gasteiger partial charge in [0.15, 0.2) is 0 Å². The summed E-state index contributed by atoms with van der Waals surface area (Å²) in [5.74, 6) is 0.385. The van der Waals surface area contributed by atoms with Crippen LogP contribution in [0.3, 0.4) is 0 Å². The van der Waals surface area contributed by atoms with Gasteiger partial charge >= 0.3 is 0 Å². The Balaban J connectivity index is 1.80. The van der Waals surface area contributed by atoms with Gasteiger partial charge in [-0.25, -0.2) is 4.39 Å². The first-order chi connectivity index (χ1) is 10.2. The molecule has 0 spiro atoms. The maximum atomic E-state index is 13.2. The molecule has 0 radical (unpaired) electrons. The SMILES string of the molecule is Cc1cccc(-n2nnnc2SCc2cccc(F)c2)c1. The lowest BCUT2D eigenvalue weighted by Crippen LogP contribution is -1.99. The highest BCUT2D eigenvalue weighted by Gasteiger charge is 2.09. The predicted molar refractivity (Wildman–Crippen MR) is 79.9 cm³/mol. The molecule has 21 heavy (non-hydrogen) atoms. The van der Waals surface area contributed by atoms with Crippen molar-refractivity contribution < 1.29 is 4.39 Å². The van der Waals surface area contributed by atoms with Gasteiger partial charge in [-0.3, -0.25) is 0 Å². The number of thioether (sulfide) groups is 1. The number of hydrogen-bond acceptors (Lipinski definition) is 4. The van der Waals surface area contributed by atoms with Crippen LogP contribution < -0.4 is 0 Å². The minimum Gasteiger partial charge on any atom is -0.207 e. The summed E-state index contributed by atoms with van der Waals surface area (Å²) in [4.78, 5) is 0. The molecule has 0 aliphatic rings. The molecular weight excluding hydrogens is 287 g/mol. The third-order valence-electron chi connectivity index (χ3n) is 2.94. The van der Waals surface area contributed by atoms with E-state index in [9.17, 15) is 4.39 Å². The van der Waals surface area contributed by atoms with E-state index >= 15 is 0 Å². The van der Waals surface area contributed by atoms with E-state index in [0.29, 0.717) is 10.9 Å². The summed E-state index contributed by atoms with van der Waals surface area (Å²) in [5.41, 5.74) is 2.96. The average molecular weight is 300 g/mol. The van der Waals surface area contributed by atoms with Gasteiger partial charge in [0, 0.05) is 5.75 Å². The monoisotopic (exact) mass is 300 g/mol. The maximum Gasteiger partial charge on any atom is 0.214 e. The maximum absolute atomic E-state index is 13.2. The van der Waals surface area contributed by atoms with Crippen LogP contribution in [0.15, 0.2) is 53.7 Å². The molecule has 0 fully saturated rings. The Labute approximate surface area is 126 Å². The fourth-order valence-electron chi connectivity index (χ4n) is 1.97. The zero-order chi connectivity index (χ0) is 14.7. The van der Waals surface area contributed by atoms with Gasteiger partial charge in [-0.1, -0.05) is 36.0 Å². The van der Waals surface area contributed by atoms with E-state index in [-0.39, 0.29) is 5.82 Å². The molecule has 3 rings (SSSR count). The van der Waals surface area contributed by atoms with Gasteiger partial charge in [-0.2, -0.15) is 4.68 Å². The Hall–Kier alpha value is -2.21. The lowest BCUT2D eigenvalue weighted by atomic mass is 10.2. The second-order valence-corrected chi connectivity index (χ2v) is 5.57. The number of hydrogen-bond donors (Lipinski definition) is 0. The van der Waals surface area contributed by atoms with Crippen molar-refractivity contribution in [3.63, 3.8) is 0 Å². The van der Waals surface area contributed by atoms with Gasteiger partial charge < -0.3 is 0 Å². The predicted octanol–water partition coefficient (Wildman–Crippen LogP) is 3.40. The van der Waals surface area contributed by atoms with E-state index in [4.69, 9.17) is 0 Å². The Morgan fingerprint density at radius 2 is 2.00 bits per heavy atom. The molecule has 0 atom stereocenters. The van der Waals surface area contributed by atoms with E-state index in [1.807, 2.05) is 37.3 Å². The van der Waals surface area contributed by atoms with Crippen molar-refractivity contribution in [1.82, 2.24) is 20.2 Å². The molecule has 6 heteroatoms. The molecule has 106 valence electrons. The molecule has 0 N–H and O–H groups in total. The topological polar surface area (TPSA) is 43.6 Å². The summed E-state index contributed by atoms with van der Waals surface area (Å²) < 4.78 is 14.9. The number of nitrogens with zero attached hydrogens (tertiary/aromatic N) is 4. The van der Waals surface area contributed by atoms with Crippen molar-refractivity contribution in [2.45, 2.75) is 17.8 Å². The first-order valence-electron chi connectivity index (χ1n) is 6.45. The van der Waals surface area contributed by atoms with Crippen LogP contribution in [0.4, 0.5) is 4.39 Å². The smallest absolute Gasteiger partial charge is 0.207 e. The minimum absolute atomic E-state index is 0.230. The molecule has 2 aromatic carbocycles. The number of halogens is 1. The fraction of sp³-hybridized carbons (Fsp3) is 0.133. The largest absolute Gasteiger partial charge is 0.214 e. The summed E-state index contributed by atoms with van der Waals surface area (Å²) in [7, 11) is 0. The normalized spacial score (nSPS) is 10.8. The number of tetrazole rings is 1. The van der Waals surface area contributed by atoms with Crippen LogP contribution in [0.5, 0.6) is 0 Å². The Bertz CT molecular complexity index is 757. The van der Waals surface area contributed by atoms with Gasteiger partial charge in [0.05, 0.1) is 5.69 Å². The van der Waals surface area contributed by atoms with Crippen LogP contribution in [-0.4, -0.2) is 20.2 Å². The molecular formula is C15H13FN4S. The second-order valence-electron chi connectivity index (χ2n) is 4.63. The zero-order valence-electron chi connectivity index (χ0n) is 11.4. The van der Waals surface area contributed by atoms with Gasteiger partial charge in [-0.05, 0) is 52.7 Å². The molecule has 0 saturated heterocycles. The zero-order valence-corrected chi connectivity index (χ0v) is 12.2. The van der Waals surface area contributed by atoms with Crippen molar-refractivity contribution >= 4 is 11.8 Å². The fourth-order valence-corrected chi connectivity index (χ4v) is 2.80. The molecule has 0 unspecified atom stereocenters. The average Bonchev–Trinajstić information content (AvgIpc) is 2.94. The lowest BCUT2D eigenvalue weighted by Gasteiger charge is -2.05. The number of aromatic nitrogens is 4. The van der Waals surface area contributed by atoms with Gasteiger partial charge in [-0.15, -0.1) is 5.10 Å². The van der Waals surface area contributed by atoms with Crippen molar-refractivity contribution in [2.75, 3.05) is 0 Å². The third kappa shape index (κ3) is 3.28. The Kier molecular flexibility index (Phi) is 3.96. The quantitative estimate of drug-likeness (QED) is 0.693. The van der Waals surface area contributed by atoms with E-state index in [1.165, 1.54) is 23.9 Å². The second kappa shape index (κ2) is 6.05. The van der Waals surface area contributed by atoms with Crippen LogP contribution in [0.25, 0.3) is 5.69 Å². The highest BCUT2D eigenvalue weighted by molar-refractivity contribution is 7.98. The third-order valence-corrected chi connectivity index (χ3v) is 3.93. The van der Waals surface area contributed by atoms with Gasteiger partial charge in [0.25, 0.3) is 0 Å². The molecule has 0 bridgehead atoms. The molecule has 0 aliphatic heterocycles. The van der Waals surface area contributed by atoms with Crippen molar-refractivity contribution in [3.8, 4) is 5.69 Å². The van der Waals surface area contributed by atoms with Crippen LogP contribution >= 0.6 is 11.8 Å². The lowest BCUT2D eigenvalue weighted by molar-refractivity contribution is 0.626. The minimum atomic E-state index is -0.230. The molecule has 3 aromatic rings.